The number of hydrogen-bond donors (Lipinski definition) is 2. The van der Waals surface area contributed by atoms with E-state index in [1.54, 1.807) is 84.9 Å². The maximum absolute atomic E-state index is 12.5. The van der Waals surface area contributed by atoms with Gasteiger partial charge in [-0.05, 0) is 119 Å². The second-order valence-electron chi connectivity index (χ2n) is 17.1. The number of esters is 5. The zero-order valence-electron chi connectivity index (χ0n) is 47.4. The van der Waals surface area contributed by atoms with E-state index in [0.29, 0.717) is 100 Å². The molecule has 0 aliphatic heterocycles. The van der Waals surface area contributed by atoms with E-state index < -0.39 is 27.0 Å². The number of benzene rings is 6. The van der Waals surface area contributed by atoms with Gasteiger partial charge in [0.2, 0.25) is 9.05 Å². The number of carboxylic acid groups (broad SMARTS) is 1. The van der Waals surface area contributed by atoms with Crippen LogP contribution in [-0.4, -0.2) is 166 Å². The number of methoxy groups -OCH3 is 2. The summed E-state index contributed by atoms with van der Waals surface area (Å²) < 4.78 is 75.7. The first kappa shape index (κ1) is 72.5. The van der Waals surface area contributed by atoms with E-state index in [2.05, 4.69) is 15.4 Å². The fraction of sp³-hybridized carbons (Fsp3) is 0.311. The number of phenolic OH excluding ortho intramolecular Hbond substituents is 1. The molecule has 6 aromatic rings. The van der Waals surface area contributed by atoms with E-state index >= 15 is 0 Å². The molecule has 86 heavy (non-hydrogen) atoms. The van der Waals surface area contributed by atoms with Gasteiger partial charge in [0.05, 0.1) is 108 Å². The van der Waals surface area contributed by atoms with Gasteiger partial charge in [0.15, 0.2) is 0 Å². The van der Waals surface area contributed by atoms with Crippen LogP contribution in [-0.2, 0) is 56.5 Å². The Morgan fingerprint density at radius 1 is 0.407 bits per heavy atom. The predicted octanol–water partition coefficient (Wildman–Crippen LogP) is 9.94. The van der Waals surface area contributed by atoms with Gasteiger partial charge in [-0.2, -0.15) is 0 Å². The second kappa shape index (κ2) is 42.1. The third kappa shape index (κ3) is 31.9. The predicted molar refractivity (Wildman–Crippen MR) is 320 cm³/mol. The van der Waals surface area contributed by atoms with Gasteiger partial charge in [-0.3, -0.25) is 9.59 Å². The number of aromatic hydroxyl groups is 1. The van der Waals surface area contributed by atoms with Crippen molar-refractivity contribution in [1.29, 1.82) is 0 Å². The molecule has 6 aromatic carbocycles. The van der Waals surface area contributed by atoms with Crippen LogP contribution in [0, 0.1) is 0 Å². The summed E-state index contributed by atoms with van der Waals surface area (Å²) in [5, 5.41) is 18.0. The van der Waals surface area contributed by atoms with E-state index in [4.69, 9.17) is 75.7 Å². The fourth-order valence-corrected chi connectivity index (χ4v) is 6.87. The number of carbonyl (C=O) groups excluding carboxylic acids is 5. The van der Waals surface area contributed by atoms with Crippen molar-refractivity contribution in [2.24, 2.45) is 0 Å². The summed E-state index contributed by atoms with van der Waals surface area (Å²) in [5.74, 6) is -0.562. The Morgan fingerprint density at radius 2 is 0.686 bits per heavy atom. The van der Waals surface area contributed by atoms with Crippen LogP contribution in [0.1, 0.15) is 54.3 Å². The zero-order chi connectivity index (χ0) is 63.0. The molecule has 0 fully saturated rings. The topological polar surface area (TPSA) is 279 Å². The van der Waals surface area contributed by atoms with Gasteiger partial charge >= 0.3 is 35.8 Å². The quantitative estimate of drug-likeness (QED) is 0.0102. The minimum atomic E-state index is -3.19. The third-order valence-corrected chi connectivity index (χ3v) is 11.1. The molecule has 0 unspecified atom stereocenters. The molecule has 6 rings (SSSR count). The van der Waals surface area contributed by atoms with Crippen LogP contribution in [0.5, 0.6) is 23.0 Å². The van der Waals surface area contributed by atoms with E-state index in [0.717, 1.165) is 28.5 Å². The monoisotopic (exact) mass is 1270 g/mol. The summed E-state index contributed by atoms with van der Waals surface area (Å²) in [7, 11) is 4.01. The number of rotatable bonds is 31. The summed E-state index contributed by atoms with van der Waals surface area (Å²) in [6.07, 6.45) is 1.31. The van der Waals surface area contributed by atoms with Crippen molar-refractivity contribution < 1.29 is 99.5 Å². The molecule has 25 heteroatoms. The summed E-state index contributed by atoms with van der Waals surface area (Å²) in [6.45, 7) is 3.96. The Labute approximate surface area is 513 Å². The highest BCUT2D eigenvalue weighted by atomic mass is 35.7. The van der Waals surface area contributed by atoms with E-state index in [-0.39, 0.29) is 67.0 Å². The Balaban J connectivity index is 0.000000354. The van der Waals surface area contributed by atoms with Crippen LogP contribution >= 0.6 is 33.9 Å². The summed E-state index contributed by atoms with van der Waals surface area (Å²) in [6, 6.07) is 40.9. The zero-order valence-corrected chi connectivity index (χ0v) is 50.4. The lowest BCUT2D eigenvalue weighted by molar-refractivity contribution is -0.145. The van der Waals surface area contributed by atoms with Crippen LogP contribution in [0.2, 0.25) is 0 Å². The fourth-order valence-electron chi connectivity index (χ4n) is 6.56. The lowest BCUT2D eigenvalue weighted by atomic mass is 10.0. The molecule has 2 N–H and O–H groups in total. The van der Waals surface area contributed by atoms with Gasteiger partial charge < -0.3 is 62.3 Å². The Hall–Kier alpha value is -7.80. The molecule has 0 aliphatic rings. The van der Waals surface area contributed by atoms with Gasteiger partial charge in [0, 0.05) is 22.4 Å². The van der Waals surface area contributed by atoms with Crippen LogP contribution in [0.25, 0.3) is 22.3 Å². The average molecular weight is 1270 g/mol. The number of alkyl halides is 2. The van der Waals surface area contributed by atoms with Crippen molar-refractivity contribution in [2.45, 2.75) is 12.8 Å². The Kier molecular flexibility index (Phi) is 35.5. The van der Waals surface area contributed by atoms with E-state index in [1.165, 1.54) is 26.4 Å². The maximum atomic E-state index is 12.5. The van der Waals surface area contributed by atoms with Crippen molar-refractivity contribution >= 4 is 78.8 Å². The highest BCUT2D eigenvalue weighted by molar-refractivity contribution is 8.13. The highest BCUT2D eigenvalue weighted by Gasteiger charge is 2.12. The van der Waals surface area contributed by atoms with Crippen LogP contribution in [0.4, 0.5) is 0 Å². The van der Waals surface area contributed by atoms with Crippen LogP contribution < -0.4 is 14.2 Å². The van der Waals surface area contributed by atoms with E-state index in [9.17, 15) is 42.3 Å². The summed E-state index contributed by atoms with van der Waals surface area (Å²) in [4.78, 5) is 68.2. The number of halogens is 3. The molecule has 0 radical (unpaired) electrons. The number of carbonyl (C=O) groups is 6. The minimum absolute atomic E-state index is 0.185. The molecule has 0 aliphatic carbocycles. The number of ether oxygens (including phenoxy) is 11. The van der Waals surface area contributed by atoms with Crippen molar-refractivity contribution in [3.05, 3.63) is 168 Å². The SMILES string of the molecule is COC(=O)c1ccc(-c2ccc(O)cc2)cc1.COC(=O)c1ccc(-c2ccc(OC(=O)c3ccc(OCCOCCOCCOC(=O)CCCl)cc3)cc2)cc1.CS(=O)(=O)Cl.O=C(CCCl)OCCOCCOCCOc1ccc(C(=O)O)cc1. The molecule has 0 amide bonds. The first-order chi connectivity index (χ1) is 41.3. The van der Waals surface area contributed by atoms with Crippen molar-refractivity contribution in [3.63, 3.8) is 0 Å². The smallest absolute Gasteiger partial charge is 0.343 e. The van der Waals surface area contributed by atoms with Gasteiger partial charge in [0.1, 0.15) is 49.4 Å². The van der Waals surface area contributed by atoms with Gasteiger partial charge in [-0.15, -0.1) is 23.2 Å². The number of carboxylic acids is 1. The molecular formula is C61H67Cl3O21S. The summed E-state index contributed by atoms with van der Waals surface area (Å²) in [5.41, 5.74) is 5.39. The molecule has 0 heterocycles. The lowest BCUT2D eigenvalue weighted by Gasteiger charge is -2.09. The molecular weight excluding hydrogens is 1210 g/mol. The van der Waals surface area contributed by atoms with Crippen LogP contribution in [0.15, 0.2) is 146 Å². The Morgan fingerprint density at radius 3 is 1.02 bits per heavy atom. The van der Waals surface area contributed by atoms with Crippen molar-refractivity contribution in [3.8, 4) is 45.3 Å². The minimum Gasteiger partial charge on any atom is -0.508 e. The largest absolute Gasteiger partial charge is 0.508 e. The number of hydrogen-bond acceptors (Lipinski definition) is 20. The molecule has 0 atom stereocenters. The van der Waals surface area contributed by atoms with E-state index in [1.807, 2.05) is 48.5 Å². The molecule has 0 saturated carbocycles. The number of aromatic carboxylic acids is 1. The molecule has 0 spiro atoms. The van der Waals surface area contributed by atoms with Crippen LogP contribution in [0.3, 0.4) is 0 Å². The maximum Gasteiger partial charge on any atom is 0.343 e. The highest BCUT2D eigenvalue weighted by Crippen LogP contribution is 2.25. The van der Waals surface area contributed by atoms with Gasteiger partial charge in [0.25, 0.3) is 0 Å². The average Bonchev–Trinajstić information content (AvgIpc) is 3.56. The van der Waals surface area contributed by atoms with Gasteiger partial charge in [-0.25, -0.2) is 27.6 Å². The molecule has 0 bridgehead atoms. The second-order valence-corrected chi connectivity index (χ2v) is 20.9. The molecule has 0 aromatic heterocycles. The van der Waals surface area contributed by atoms with Crippen molar-refractivity contribution in [2.75, 3.05) is 112 Å². The van der Waals surface area contributed by atoms with Crippen molar-refractivity contribution in [1.82, 2.24) is 0 Å². The molecule has 0 saturated heterocycles. The summed E-state index contributed by atoms with van der Waals surface area (Å²) >= 11 is 10.8. The first-order valence-electron chi connectivity index (χ1n) is 26.2. The third-order valence-electron chi connectivity index (χ3n) is 10.7. The lowest BCUT2D eigenvalue weighted by Crippen LogP contribution is -2.14. The Bertz CT molecular complexity index is 3050. The standard InChI is InChI=1S/C30H31ClO9.C16H21ClO7.C14H12O3.CH3ClO2S/c1-35-29(33)24-4-2-22(3-5-24)23-6-12-27(13-7-23)40-30(34)25-8-10-26(11-9-25)38-20-18-36-16-17-37-19-21-39-28(32)14-15-31;17-6-5-15(18)24-12-10-22-8-7-21-9-11-23-14-3-1-13(2-4-14)16(19)20;1-17-14(16)12-4-2-10(3-5-12)11-6-8-13(15)9-7-11;1-5(2,3)4/h2-13H,14-21H2,1H3;1-4H,5-12H2,(H,19,20);2-9,15H,1H3;1H3. The molecule has 464 valence electrons. The normalized spacial score (nSPS) is 10.4. The first-order valence-corrected chi connectivity index (χ1v) is 29.9. The van der Waals surface area contributed by atoms with Gasteiger partial charge in [-0.1, -0.05) is 48.5 Å². The number of phenols is 1. The molecule has 21 nitrogen and oxygen atoms in total.